The monoisotopic (exact) mass is 237 g/mol. The van der Waals surface area contributed by atoms with E-state index < -0.39 is 0 Å². The Hall–Kier alpha value is -0.830. The first kappa shape index (κ1) is 14.2. The molecule has 0 aliphatic carbocycles. The summed E-state index contributed by atoms with van der Waals surface area (Å²) < 4.78 is 2.27. The van der Waals surface area contributed by atoms with E-state index >= 15 is 0 Å². The van der Waals surface area contributed by atoms with Crippen molar-refractivity contribution in [3.63, 3.8) is 0 Å². The van der Waals surface area contributed by atoms with Crippen LogP contribution in [-0.4, -0.2) is 16.1 Å². The summed E-state index contributed by atoms with van der Waals surface area (Å²) in [5, 5.41) is 0. The maximum Gasteiger partial charge on any atom is 0.0953 e. The van der Waals surface area contributed by atoms with Gasteiger partial charge in [-0.25, -0.2) is 4.98 Å². The predicted octanol–water partition coefficient (Wildman–Crippen LogP) is 2.90. The molecule has 17 heavy (non-hydrogen) atoms. The van der Waals surface area contributed by atoms with Crippen LogP contribution in [0.3, 0.4) is 0 Å². The standard InChI is InChI=1S/C14H27N3/c1-11(2)7-14(6,9-15)17-10-16-8-12(17)13(3,4)5/h8,10-11H,7,9,15H2,1-6H3. The van der Waals surface area contributed by atoms with Gasteiger partial charge in [-0.05, 0) is 19.3 Å². The van der Waals surface area contributed by atoms with Crippen molar-refractivity contribution in [3.05, 3.63) is 18.2 Å². The van der Waals surface area contributed by atoms with Crippen LogP contribution in [-0.2, 0) is 11.0 Å². The molecular weight excluding hydrogens is 210 g/mol. The van der Waals surface area contributed by atoms with Gasteiger partial charge < -0.3 is 10.3 Å². The number of rotatable bonds is 4. The zero-order valence-electron chi connectivity index (χ0n) is 12.1. The number of hydrogen-bond donors (Lipinski definition) is 1. The molecule has 2 N–H and O–H groups in total. The normalized spacial score (nSPS) is 16.2. The fourth-order valence-electron chi connectivity index (χ4n) is 2.44. The van der Waals surface area contributed by atoms with Gasteiger partial charge in [-0.3, -0.25) is 0 Å². The summed E-state index contributed by atoms with van der Waals surface area (Å²) in [6.07, 6.45) is 4.97. The average Bonchev–Trinajstić information content (AvgIpc) is 2.64. The summed E-state index contributed by atoms with van der Waals surface area (Å²) in [7, 11) is 0. The molecule has 0 saturated carbocycles. The molecule has 1 unspecified atom stereocenters. The van der Waals surface area contributed by atoms with E-state index in [2.05, 4.69) is 51.1 Å². The first-order valence-corrected chi connectivity index (χ1v) is 6.44. The van der Waals surface area contributed by atoms with E-state index in [0.717, 1.165) is 6.42 Å². The molecule has 98 valence electrons. The fraction of sp³-hybridized carbons (Fsp3) is 0.786. The molecule has 0 radical (unpaired) electrons. The van der Waals surface area contributed by atoms with E-state index in [1.54, 1.807) is 0 Å². The molecule has 0 spiro atoms. The van der Waals surface area contributed by atoms with Crippen LogP contribution in [0, 0.1) is 5.92 Å². The van der Waals surface area contributed by atoms with Gasteiger partial charge in [0.25, 0.3) is 0 Å². The summed E-state index contributed by atoms with van der Waals surface area (Å²) in [5.41, 5.74) is 7.33. The maximum atomic E-state index is 6.01. The van der Waals surface area contributed by atoms with Crippen LogP contribution in [0.1, 0.15) is 53.7 Å². The molecule has 0 saturated heterocycles. The molecule has 0 aromatic carbocycles. The Morgan fingerprint density at radius 2 is 1.88 bits per heavy atom. The minimum absolute atomic E-state index is 0.0344. The molecule has 1 aromatic rings. The van der Waals surface area contributed by atoms with Gasteiger partial charge in [-0.2, -0.15) is 0 Å². The topological polar surface area (TPSA) is 43.8 Å². The highest BCUT2D eigenvalue weighted by Crippen LogP contribution is 2.30. The van der Waals surface area contributed by atoms with Crippen molar-refractivity contribution in [3.8, 4) is 0 Å². The van der Waals surface area contributed by atoms with Crippen molar-refractivity contribution in [2.75, 3.05) is 6.54 Å². The van der Waals surface area contributed by atoms with Gasteiger partial charge in [0.2, 0.25) is 0 Å². The van der Waals surface area contributed by atoms with Gasteiger partial charge in [0.15, 0.2) is 0 Å². The van der Waals surface area contributed by atoms with Crippen LogP contribution in [0.5, 0.6) is 0 Å². The maximum absolute atomic E-state index is 6.01. The van der Waals surface area contributed by atoms with Crippen molar-refractivity contribution in [1.29, 1.82) is 0 Å². The van der Waals surface area contributed by atoms with Crippen LogP contribution in [0.25, 0.3) is 0 Å². The molecule has 0 bridgehead atoms. The molecule has 1 aromatic heterocycles. The molecular formula is C14H27N3. The second-order valence-electron chi connectivity index (χ2n) is 6.70. The van der Waals surface area contributed by atoms with Crippen LogP contribution >= 0.6 is 0 Å². The Balaban J connectivity index is 3.17. The third-order valence-corrected chi connectivity index (χ3v) is 3.28. The van der Waals surface area contributed by atoms with E-state index in [9.17, 15) is 0 Å². The van der Waals surface area contributed by atoms with Crippen molar-refractivity contribution in [2.24, 2.45) is 11.7 Å². The van der Waals surface area contributed by atoms with Gasteiger partial charge in [-0.1, -0.05) is 34.6 Å². The van der Waals surface area contributed by atoms with Crippen molar-refractivity contribution in [2.45, 2.75) is 58.9 Å². The third-order valence-electron chi connectivity index (χ3n) is 3.28. The minimum atomic E-state index is -0.0344. The van der Waals surface area contributed by atoms with Crippen molar-refractivity contribution < 1.29 is 0 Å². The van der Waals surface area contributed by atoms with Gasteiger partial charge in [-0.15, -0.1) is 0 Å². The van der Waals surface area contributed by atoms with E-state index in [0.29, 0.717) is 12.5 Å². The molecule has 0 aliphatic heterocycles. The Morgan fingerprint density at radius 1 is 1.29 bits per heavy atom. The van der Waals surface area contributed by atoms with Crippen LogP contribution in [0.2, 0.25) is 0 Å². The second-order valence-corrected chi connectivity index (χ2v) is 6.70. The van der Waals surface area contributed by atoms with Crippen molar-refractivity contribution in [1.82, 2.24) is 9.55 Å². The predicted molar refractivity (Wildman–Crippen MR) is 73.1 cm³/mol. The lowest BCUT2D eigenvalue weighted by Gasteiger charge is -2.36. The Bertz CT molecular complexity index is 360. The number of imidazole rings is 1. The lowest BCUT2D eigenvalue weighted by atomic mass is 9.87. The summed E-state index contributed by atoms with van der Waals surface area (Å²) in [5.74, 6) is 0.624. The summed E-state index contributed by atoms with van der Waals surface area (Å²) in [4.78, 5) is 4.32. The highest BCUT2D eigenvalue weighted by atomic mass is 15.1. The summed E-state index contributed by atoms with van der Waals surface area (Å²) >= 11 is 0. The Kier molecular flexibility index (Phi) is 4.03. The molecule has 3 nitrogen and oxygen atoms in total. The number of nitrogens with two attached hydrogens (primary N) is 1. The van der Waals surface area contributed by atoms with Crippen LogP contribution in [0.4, 0.5) is 0 Å². The summed E-state index contributed by atoms with van der Waals surface area (Å²) in [6, 6.07) is 0. The number of aromatic nitrogens is 2. The van der Waals surface area contributed by atoms with Gasteiger partial charge in [0.05, 0.1) is 11.9 Å². The largest absolute Gasteiger partial charge is 0.328 e. The zero-order chi connectivity index (χ0) is 13.3. The molecule has 0 fully saturated rings. The smallest absolute Gasteiger partial charge is 0.0953 e. The van der Waals surface area contributed by atoms with Gasteiger partial charge in [0.1, 0.15) is 0 Å². The van der Waals surface area contributed by atoms with Crippen LogP contribution in [0.15, 0.2) is 12.5 Å². The van der Waals surface area contributed by atoms with Gasteiger partial charge >= 0.3 is 0 Å². The quantitative estimate of drug-likeness (QED) is 0.875. The minimum Gasteiger partial charge on any atom is -0.328 e. The average molecular weight is 237 g/mol. The number of nitrogens with zero attached hydrogens (tertiary/aromatic N) is 2. The number of hydrogen-bond acceptors (Lipinski definition) is 2. The van der Waals surface area contributed by atoms with Crippen molar-refractivity contribution >= 4 is 0 Å². The molecule has 0 amide bonds. The summed E-state index contributed by atoms with van der Waals surface area (Å²) in [6.45, 7) is 14.0. The van der Waals surface area contributed by atoms with E-state index in [1.807, 2.05) is 12.5 Å². The Labute approximate surface area is 105 Å². The fourth-order valence-corrected chi connectivity index (χ4v) is 2.44. The van der Waals surface area contributed by atoms with Crippen LogP contribution < -0.4 is 5.73 Å². The second kappa shape index (κ2) is 4.81. The lowest BCUT2D eigenvalue weighted by Crippen LogP contribution is -2.41. The van der Waals surface area contributed by atoms with E-state index in [-0.39, 0.29) is 11.0 Å². The molecule has 1 atom stereocenters. The first-order chi connectivity index (χ1) is 7.70. The molecule has 3 heteroatoms. The lowest BCUT2D eigenvalue weighted by molar-refractivity contribution is 0.249. The molecule has 0 aliphatic rings. The highest BCUT2D eigenvalue weighted by molar-refractivity contribution is 5.14. The molecule has 1 rings (SSSR count). The third kappa shape index (κ3) is 3.09. The van der Waals surface area contributed by atoms with Gasteiger partial charge in [0, 0.05) is 23.9 Å². The highest BCUT2D eigenvalue weighted by Gasteiger charge is 2.31. The Morgan fingerprint density at radius 3 is 2.29 bits per heavy atom. The van der Waals surface area contributed by atoms with E-state index in [1.165, 1.54) is 5.69 Å². The SMILES string of the molecule is CC(C)CC(C)(CN)n1cncc1C(C)(C)C. The first-order valence-electron chi connectivity index (χ1n) is 6.44. The molecule has 1 heterocycles. The van der Waals surface area contributed by atoms with E-state index in [4.69, 9.17) is 5.73 Å². The zero-order valence-corrected chi connectivity index (χ0v) is 12.1.